The first-order valence-electron chi connectivity index (χ1n) is 8.36. The lowest BCUT2D eigenvalue weighted by atomic mass is 9.80. The van der Waals surface area contributed by atoms with Gasteiger partial charge in [0, 0.05) is 24.3 Å². The van der Waals surface area contributed by atoms with Crippen molar-refractivity contribution in [1.82, 2.24) is 0 Å². The molecule has 0 saturated carbocycles. The molecule has 0 aliphatic carbocycles. The lowest BCUT2D eigenvalue weighted by Crippen LogP contribution is -2.29. The maximum atomic E-state index is 11.9. The molecule has 1 unspecified atom stereocenters. The summed E-state index contributed by atoms with van der Waals surface area (Å²) in [5.41, 5.74) is 2.22. The molecule has 3 nitrogen and oxygen atoms in total. The molecular weight excluding hydrogens is 390 g/mol. The van der Waals surface area contributed by atoms with Crippen LogP contribution in [0.2, 0.25) is 0 Å². The van der Waals surface area contributed by atoms with Crippen LogP contribution in [0.15, 0.2) is 77.3 Å². The van der Waals surface area contributed by atoms with Crippen LogP contribution in [0.5, 0.6) is 5.75 Å². The number of hydrogen-bond acceptors (Lipinski definition) is 3. The Morgan fingerprint density at radius 2 is 1.42 bits per heavy atom. The highest BCUT2D eigenvalue weighted by molar-refractivity contribution is 9.10. The van der Waals surface area contributed by atoms with Crippen LogP contribution in [0.3, 0.4) is 0 Å². The van der Waals surface area contributed by atoms with Crippen LogP contribution in [0.25, 0.3) is 0 Å². The van der Waals surface area contributed by atoms with Gasteiger partial charge in [-0.1, -0.05) is 52.3 Å². The maximum absolute atomic E-state index is 11.9. The molecule has 0 fully saturated rings. The second-order valence-corrected chi connectivity index (χ2v) is 7.31. The Morgan fingerprint density at radius 3 is 1.92 bits per heavy atom. The third-order valence-corrected chi connectivity index (χ3v) is 5.04. The molecule has 0 aromatic heterocycles. The summed E-state index contributed by atoms with van der Waals surface area (Å²) >= 11 is 3.52. The number of benzene rings is 3. The zero-order valence-corrected chi connectivity index (χ0v) is 16.7. The molecule has 26 heavy (non-hydrogen) atoms. The zero-order chi connectivity index (χ0) is 18.7. The van der Waals surface area contributed by atoms with E-state index in [1.54, 1.807) is 7.11 Å². The molecule has 3 aromatic rings. The third kappa shape index (κ3) is 3.48. The van der Waals surface area contributed by atoms with E-state index in [2.05, 4.69) is 15.9 Å². The molecule has 1 N–H and O–H groups in total. The standard InChI is InChI=1S/C22H22BrNO2/c1-24(2)20-11-7-16(8-12-20)22(25,18-5-4-6-19(23)15-18)17-9-13-21(26-3)14-10-17/h4-15,25H,1-3H3. The van der Waals surface area contributed by atoms with Crippen LogP contribution < -0.4 is 9.64 Å². The molecule has 134 valence electrons. The number of anilines is 1. The van der Waals surface area contributed by atoms with E-state index in [1.165, 1.54) is 0 Å². The van der Waals surface area contributed by atoms with Crippen molar-refractivity contribution in [2.24, 2.45) is 0 Å². The molecule has 1 atom stereocenters. The Bertz CT molecular complexity index is 875. The predicted molar refractivity (Wildman–Crippen MR) is 110 cm³/mol. The van der Waals surface area contributed by atoms with Crippen molar-refractivity contribution in [3.05, 3.63) is 94.0 Å². The highest BCUT2D eigenvalue weighted by Gasteiger charge is 2.34. The van der Waals surface area contributed by atoms with Gasteiger partial charge in [-0.3, -0.25) is 0 Å². The van der Waals surface area contributed by atoms with Crippen LogP contribution in [-0.4, -0.2) is 26.3 Å². The van der Waals surface area contributed by atoms with Gasteiger partial charge in [0.1, 0.15) is 11.4 Å². The lowest BCUT2D eigenvalue weighted by molar-refractivity contribution is 0.125. The van der Waals surface area contributed by atoms with Crippen LogP contribution in [0.1, 0.15) is 16.7 Å². The monoisotopic (exact) mass is 411 g/mol. The number of halogens is 1. The Morgan fingerprint density at radius 1 is 0.846 bits per heavy atom. The van der Waals surface area contributed by atoms with Crippen molar-refractivity contribution >= 4 is 21.6 Å². The van der Waals surface area contributed by atoms with Gasteiger partial charge in [0.2, 0.25) is 0 Å². The molecule has 0 bridgehead atoms. The molecule has 0 heterocycles. The van der Waals surface area contributed by atoms with Gasteiger partial charge in [0.15, 0.2) is 0 Å². The minimum absolute atomic E-state index is 0.758. The number of nitrogens with zero attached hydrogens (tertiary/aromatic N) is 1. The van der Waals surface area contributed by atoms with E-state index >= 15 is 0 Å². The summed E-state index contributed by atoms with van der Waals surface area (Å²) in [4.78, 5) is 2.04. The van der Waals surface area contributed by atoms with Crippen molar-refractivity contribution < 1.29 is 9.84 Å². The van der Waals surface area contributed by atoms with Crippen molar-refractivity contribution in [1.29, 1.82) is 0 Å². The number of hydrogen-bond donors (Lipinski definition) is 1. The molecule has 0 spiro atoms. The summed E-state index contributed by atoms with van der Waals surface area (Å²) in [6.45, 7) is 0. The van der Waals surface area contributed by atoms with E-state index in [0.717, 1.165) is 32.6 Å². The van der Waals surface area contributed by atoms with E-state index in [1.807, 2.05) is 91.8 Å². The van der Waals surface area contributed by atoms with Crippen molar-refractivity contribution in [2.75, 3.05) is 26.1 Å². The smallest absolute Gasteiger partial charge is 0.140 e. The minimum Gasteiger partial charge on any atom is -0.497 e. The van der Waals surface area contributed by atoms with Crippen molar-refractivity contribution in [2.45, 2.75) is 5.60 Å². The van der Waals surface area contributed by atoms with Gasteiger partial charge in [-0.05, 0) is 53.1 Å². The predicted octanol–water partition coefficient (Wildman–Crippen LogP) is 4.81. The van der Waals surface area contributed by atoms with E-state index in [9.17, 15) is 5.11 Å². The fourth-order valence-corrected chi connectivity index (χ4v) is 3.45. The van der Waals surface area contributed by atoms with Gasteiger partial charge in [0.25, 0.3) is 0 Å². The summed E-state index contributed by atoms with van der Waals surface area (Å²) in [5, 5.41) is 11.9. The molecule has 0 radical (unpaired) electrons. The van der Waals surface area contributed by atoms with Crippen LogP contribution in [0.4, 0.5) is 5.69 Å². The summed E-state index contributed by atoms with van der Waals surface area (Å²) in [5.74, 6) is 0.758. The van der Waals surface area contributed by atoms with Crippen molar-refractivity contribution in [3.63, 3.8) is 0 Å². The normalized spacial score (nSPS) is 13.1. The second kappa shape index (κ2) is 7.52. The summed E-state index contributed by atoms with van der Waals surface area (Å²) < 4.78 is 6.18. The van der Waals surface area contributed by atoms with Crippen LogP contribution in [0, 0.1) is 0 Å². The first kappa shape index (κ1) is 18.5. The maximum Gasteiger partial charge on any atom is 0.140 e. The molecule has 4 heteroatoms. The average molecular weight is 412 g/mol. The second-order valence-electron chi connectivity index (χ2n) is 6.39. The molecule has 3 aromatic carbocycles. The number of ether oxygens (including phenoxy) is 1. The highest BCUT2D eigenvalue weighted by Crippen LogP contribution is 2.38. The summed E-state index contributed by atoms with van der Waals surface area (Å²) in [6.07, 6.45) is 0. The van der Waals surface area contributed by atoms with Gasteiger partial charge >= 0.3 is 0 Å². The fourth-order valence-electron chi connectivity index (χ4n) is 3.05. The molecule has 0 saturated heterocycles. The third-order valence-electron chi connectivity index (χ3n) is 4.55. The number of rotatable bonds is 5. The quantitative estimate of drug-likeness (QED) is 0.611. The Balaban J connectivity index is 2.17. The molecular formula is C22H22BrNO2. The van der Waals surface area contributed by atoms with Crippen molar-refractivity contribution in [3.8, 4) is 5.75 Å². The largest absolute Gasteiger partial charge is 0.497 e. The molecule has 0 amide bonds. The van der Waals surface area contributed by atoms with Gasteiger partial charge < -0.3 is 14.7 Å². The van der Waals surface area contributed by atoms with E-state index in [-0.39, 0.29) is 0 Å². The Hall–Kier alpha value is -2.30. The summed E-state index contributed by atoms with van der Waals surface area (Å²) in [6, 6.07) is 23.3. The zero-order valence-electron chi connectivity index (χ0n) is 15.1. The van der Waals surface area contributed by atoms with Gasteiger partial charge in [-0.15, -0.1) is 0 Å². The average Bonchev–Trinajstić information content (AvgIpc) is 2.67. The van der Waals surface area contributed by atoms with E-state index in [4.69, 9.17) is 4.74 Å². The van der Waals surface area contributed by atoms with Crippen LogP contribution in [-0.2, 0) is 5.60 Å². The summed E-state index contributed by atoms with van der Waals surface area (Å²) in [7, 11) is 5.63. The van der Waals surface area contributed by atoms with Crippen LogP contribution >= 0.6 is 15.9 Å². The molecule has 3 rings (SSSR count). The van der Waals surface area contributed by atoms with E-state index in [0.29, 0.717) is 0 Å². The van der Waals surface area contributed by atoms with E-state index < -0.39 is 5.60 Å². The number of methoxy groups -OCH3 is 1. The first-order valence-corrected chi connectivity index (χ1v) is 9.15. The fraction of sp³-hybridized carbons (Fsp3) is 0.182. The lowest BCUT2D eigenvalue weighted by Gasteiger charge is -2.31. The molecule has 0 aliphatic rings. The van der Waals surface area contributed by atoms with Gasteiger partial charge in [0.05, 0.1) is 7.11 Å². The van der Waals surface area contributed by atoms with Gasteiger partial charge in [-0.25, -0.2) is 0 Å². The number of aliphatic hydroxyl groups is 1. The highest BCUT2D eigenvalue weighted by atomic mass is 79.9. The SMILES string of the molecule is COc1ccc(C(O)(c2ccc(N(C)C)cc2)c2cccc(Br)c2)cc1. The van der Waals surface area contributed by atoms with Gasteiger partial charge in [-0.2, -0.15) is 0 Å². The topological polar surface area (TPSA) is 32.7 Å². The molecule has 0 aliphatic heterocycles. The minimum atomic E-state index is -1.26. The Labute approximate surface area is 163 Å². The first-order chi connectivity index (χ1) is 12.4. The Kier molecular flexibility index (Phi) is 5.35.